The van der Waals surface area contributed by atoms with Gasteiger partial charge in [0.1, 0.15) is 56.9 Å². The van der Waals surface area contributed by atoms with Crippen LogP contribution in [0.1, 0.15) is 103 Å². The second kappa shape index (κ2) is 24.0. The van der Waals surface area contributed by atoms with Crippen LogP contribution in [-0.2, 0) is 6.42 Å². The summed E-state index contributed by atoms with van der Waals surface area (Å²) in [5, 5.41) is 77.1. The fraction of sp³-hybridized carbons (Fsp3) is 0.103. The molecule has 3 amide bonds. The monoisotopic (exact) mass is 1040 g/mol. The van der Waals surface area contributed by atoms with Crippen LogP contribution < -0.4 is 30.2 Å². The number of benzene rings is 7. The Morgan fingerprint density at radius 2 is 0.818 bits per heavy atom. The highest BCUT2D eigenvalue weighted by Gasteiger charge is 2.25. The second-order valence-electron chi connectivity index (χ2n) is 17.6. The predicted molar refractivity (Wildman–Crippen MR) is 286 cm³/mol. The van der Waals surface area contributed by atoms with Gasteiger partial charge in [0.15, 0.2) is 0 Å². The van der Waals surface area contributed by atoms with Crippen LogP contribution in [0.3, 0.4) is 0 Å². The molecular weight excluding hydrogens is 995 g/mol. The van der Waals surface area contributed by atoms with Crippen molar-refractivity contribution in [3.63, 3.8) is 0 Å². The summed E-state index contributed by atoms with van der Waals surface area (Å²) in [6.07, 6.45) is 3.95. The van der Waals surface area contributed by atoms with Crippen LogP contribution in [0.2, 0.25) is 0 Å². The van der Waals surface area contributed by atoms with Crippen molar-refractivity contribution in [3.05, 3.63) is 189 Å². The first-order chi connectivity index (χ1) is 36.7. The van der Waals surface area contributed by atoms with E-state index in [-0.39, 0.29) is 58.0 Å². The van der Waals surface area contributed by atoms with Crippen molar-refractivity contribution < 1.29 is 78.7 Å². The van der Waals surface area contributed by atoms with Gasteiger partial charge in [0.05, 0.1) is 0 Å². The number of carboxylic acids is 3. The maximum Gasteiger partial charge on any atom is 0.417 e. The first-order valence-electron chi connectivity index (χ1n) is 23.4. The van der Waals surface area contributed by atoms with E-state index >= 15 is 0 Å². The molecule has 0 fully saturated rings. The van der Waals surface area contributed by atoms with E-state index in [1.807, 2.05) is 48.5 Å². The van der Waals surface area contributed by atoms with Gasteiger partial charge in [0, 0.05) is 28.2 Å². The molecule has 0 bridgehead atoms. The number of amides is 3. The molecule has 392 valence electrons. The van der Waals surface area contributed by atoms with Crippen molar-refractivity contribution in [2.24, 2.45) is 0 Å². The molecule has 0 aliphatic heterocycles. The number of ether oxygens (including phenoxy) is 3. The number of rotatable bonds is 17. The number of anilines is 3. The van der Waals surface area contributed by atoms with Gasteiger partial charge < -0.3 is 50.0 Å². The Labute approximate surface area is 439 Å². The molecule has 0 aromatic heterocycles. The number of nitrogens with one attached hydrogen (secondary N) is 3. The average Bonchev–Trinajstić information content (AvgIpc) is 3.37. The first kappa shape index (κ1) is 54.2. The lowest BCUT2D eigenvalue weighted by Crippen LogP contribution is -2.21. The van der Waals surface area contributed by atoms with E-state index in [2.05, 4.69) is 16.0 Å². The number of hydrogen-bond donors (Lipinski definition) is 10. The second-order valence-corrected chi connectivity index (χ2v) is 17.6. The van der Waals surface area contributed by atoms with Crippen LogP contribution in [0.25, 0.3) is 24.3 Å². The average molecular weight is 1040 g/mol. The third kappa shape index (κ3) is 14.1. The molecule has 0 saturated heterocycles. The number of aromatic carboxylic acids is 3. The normalized spacial score (nSPS) is 11.5. The fourth-order valence-corrected chi connectivity index (χ4v) is 8.08. The Morgan fingerprint density at radius 1 is 0.429 bits per heavy atom. The highest BCUT2D eigenvalue weighted by atomic mass is 16.6. The van der Waals surface area contributed by atoms with Crippen molar-refractivity contribution in [2.45, 2.75) is 39.0 Å². The minimum absolute atomic E-state index is 0.0260. The third-order valence-electron chi connectivity index (χ3n) is 11.6. The molecule has 10 N–H and O–H groups in total. The number of aromatic hydroxyl groups is 4. The van der Waals surface area contributed by atoms with E-state index < -0.39 is 76.0 Å². The highest BCUT2D eigenvalue weighted by Crippen LogP contribution is 2.41. The Balaban J connectivity index is 1.21. The van der Waals surface area contributed by atoms with E-state index in [1.54, 1.807) is 57.2 Å². The number of phenols is 4. The SMILES string of the molecule is CC(C)c1c(O)cc(/C=C/c2cccc(CC(C)c3c(OC(=O)Nc4ccc(O)c(C(=O)O)c4)cc(/C=C/c4ccccc4)cc3OC(=O)Nc3ccc(O)c(C(=O)O)c3)c2)cc1OC(=O)Nc1ccc(O)c(C(=O)O)c1. The summed E-state index contributed by atoms with van der Waals surface area (Å²) in [5.41, 5.74) is 2.17. The van der Waals surface area contributed by atoms with Gasteiger partial charge in [-0.25, -0.2) is 28.8 Å². The largest absolute Gasteiger partial charge is 0.507 e. The molecule has 77 heavy (non-hydrogen) atoms. The van der Waals surface area contributed by atoms with Crippen LogP contribution in [-0.4, -0.2) is 71.9 Å². The van der Waals surface area contributed by atoms with Gasteiger partial charge in [-0.2, -0.15) is 0 Å². The minimum Gasteiger partial charge on any atom is -0.507 e. The number of carbonyl (C=O) groups excluding carboxylic acids is 3. The van der Waals surface area contributed by atoms with E-state index in [9.17, 15) is 64.5 Å². The number of hydrogen-bond acceptors (Lipinski definition) is 13. The van der Waals surface area contributed by atoms with E-state index in [0.29, 0.717) is 22.3 Å². The number of carboxylic acid groups (broad SMARTS) is 3. The Hall–Kier alpha value is -10.6. The van der Waals surface area contributed by atoms with Crippen LogP contribution in [0.5, 0.6) is 40.2 Å². The summed E-state index contributed by atoms with van der Waals surface area (Å²) in [6.45, 7) is 5.37. The van der Waals surface area contributed by atoms with Crippen LogP contribution in [0, 0.1) is 0 Å². The zero-order chi connectivity index (χ0) is 55.5. The van der Waals surface area contributed by atoms with Crippen molar-refractivity contribution in [1.82, 2.24) is 0 Å². The Bertz CT molecular complexity index is 3400. The topological polar surface area (TPSA) is 308 Å². The molecule has 0 spiro atoms. The molecule has 1 atom stereocenters. The van der Waals surface area contributed by atoms with Gasteiger partial charge in [-0.15, -0.1) is 0 Å². The standard InChI is InChI=1S/C58H49N3O16/c1-31(2)51-47(65)24-36(25-48(51)75-56(72)59-38-16-19-44(62)41(28-38)53(66)67)15-13-34-10-7-11-35(23-34)22-32(3)52-49(76-57(73)60-39-17-20-45(63)42(29-39)54(68)69)26-37(14-12-33-8-5-4-6-9-33)27-50(52)77-58(74)61-40-18-21-46(64)43(30-40)55(70)71/h4-21,23-32,62-65H,22H2,1-3H3,(H,59,72)(H,60,73)(H,61,74)(H,66,67)(H,68,69)(H,70,71)/b14-12+,15-13+. The Kier molecular flexibility index (Phi) is 16.9. The fourth-order valence-electron chi connectivity index (χ4n) is 8.08. The van der Waals surface area contributed by atoms with Crippen molar-refractivity contribution in [3.8, 4) is 40.2 Å². The molecule has 1 unspecified atom stereocenters. The van der Waals surface area contributed by atoms with Gasteiger partial charge in [-0.05, 0) is 125 Å². The summed E-state index contributed by atoms with van der Waals surface area (Å²) >= 11 is 0. The predicted octanol–water partition coefficient (Wildman–Crippen LogP) is 12.2. The molecule has 19 heteroatoms. The molecule has 7 aromatic rings. The zero-order valence-electron chi connectivity index (χ0n) is 41.2. The molecular formula is C58H49N3O16. The minimum atomic E-state index is -1.45. The van der Waals surface area contributed by atoms with Crippen LogP contribution in [0.4, 0.5) is 31.4 Å². The summed E-state index contributed by atoms with van der Waals surface area (Å²) < 4.78 is 17.5. The maximum absolute atomic E-state index is 13.7. The van der Waals surface area contributed by atoms with Crippen molar-refractivity contribution in [2.75, 3.05) is 16.0 Å². The maximum atomic E-state index is 13.7. The van der Waals surface area contributed by atoms with Gasteiger partial charge in [-0.3, -0.25) is 16.0 Å². The highest BCUT2D eigenvalue weighted by molar-refractivity contribution is 5.97. The lowest BCUT2D eigenvalue weighted by Gasteiger charge is -2.21. The Morgan fingerprint density at radius 3 is 1.25 bits per heavy atom. The van der Waals surface area contributed by atoms with Gasteiger partial charge in [-0.1, -0.05) is 99.7 Å². The molecule has 0 heterocycles. The van der Waals surface area contributed by atoms with E-state index in [4.69, 9.17) is 14.2 Å². The van der Waals surface area contributed by atoms with E-state index in [1.165, 1.54) is 36.4 Å². The summed E-state index contributed by atoms with van der Waals surface area (Å²) in [5.74, 6) is -7.10. The third-order valence-corrected chi connectivity index (χ3v) is 11.6. The molecule has 0 aliphatic rings. The zero-order valence-corrected chi connectivity index (χ0v) is 41.2. The molecule has 19 nitrogen and oxygen atoms in total. The van der Waals surface area contributed by atoms with Gasteiger partial charge in [0.25, 0.3) is 0 Å². The molecule has 7 aromatic carbocycles. The van der Waals surface area contributed by atoms with E-state index in [0.717, 1.165) is 47.5 Å². The van der Waals surface area contributed by atoms with Crippen molar-refractivity contribution >= 4 is 77.6 Å². The van der Waals surface area contributed by atoms with Crippen molar-refractivity contribution in [1.29, 1.82) is 0 Å². The summed E-state index contributed by atoms with van der Waals surface area (Å²) in [6, 6.07) is 32.9. The quantitative estimate of drug-likeness (QED) is 0.0299. The van der Waals surface area contributed by atoms with Crippen LogP contribution >= 0.6 is 0 Å². The molecule has 0 radical (unpaired) electrons. The molecule has 0 aliphatic carbocycles. The lowest BCUT2D eigenvalue weighted by atomic mass is 9.90. The van der Waals surface area contributed by atoms with Gasteiger partial charge >= 0.3 is 36.2 Å². The number of phenolic OH excluding ortho intramolecular Hbond substituents is 1. The molecule has 7 rings (SSSR count). The summed E-state index contributed by atoms with van der Waals surface area (Å²) in [4.78, 5) is 75.6. The first-order valence-corrected chi connectivity index (χ1v) is 23.4. The van der Waals surface area contributed by atoms with Gasteiger partial charge in [0.2, 0.25) is 0 Å². The lowest BCUT2D eigenvalue weighted by molar-refractivity contribution is 0.0682. The number of carbonyl (C=O) groups is 6. The smallest absolute Gasteiger partial charge is 0.417 e. The summed E-state index contributed by atoms with van der Waals surface area (Å²) in [7, 11) is 0. The molecule has 0 saturated carbocycles. The van der Waals surface area contributed by atoms with Crippen LogP contribution in [0.15, 0.2) is 133 Å².